The van der Waals surface area contributed by atoms with Crippen LogP contribution in [0.25, 0.3) is 0 Å². The Bertz CT molecular complexity index is 833. The first-order valence-electron chi connectivity index (χ1n) is 9.41. The molecule has 4 rings (SSSR count). The van der Waals surface area contributed by atoms with Gasteiger partial charge in [0.05, 0.1) is 18.3 Å². The molecule has 0 radical (unpaired) electrons. The minimum Gasteiger partial charge on any atom is -0.508 e. The van der Waals surface area contributed by atoms with Crippen LogP contribution in [0.2, 0.25) is 0 Å². The van der Waals surface area contributed by atoms with Crippen molar-refractivity contribution in [1.29, 1.82) is 0 Å². The third-order valence-corrected chi connectivity index (χ3v) is 5.05. The average molecular weight is 368 g/mol. The standard InChI is InChI=1S/C21H24N2O4/c1-2-26-14-9-10-19(24)17(12-14)20-22-18-8-4-3-7-16(18)21(25)23(20)13-15-6-5-11-27-15/h3-4,7-10,12,15,20,22,24H,2,5-6,11,13H2,1H3/t15-,20+/m1/s1. The third-order valence-electron chi connectivity index (χ3n) is 5.05. The summed E-state index contributed by atoms with van der Waals surface area (Å²) in [5.41, 5.74) is 2.01. The summed E-state index contributed by atoms with van der Waals surface area (Å²) >= 11 is 0. The number of anilines is 1. The predicted molar refractivity (Wildman–Crippen MR) is 102 cm³/mol. The van der Waals surface area contributed by atoms with Crippen molar-refractivity contribution in [3.8, 4) is 11.5 Å². The summed E-state index contributed by atoms with van der Waals surface area (Å²) in [4.78, 5) is 15.0. The minimum atomic E-state index is -0.489. The number of phenolic OH excluding ortho intramolecular Hbond substituents is 1. The topological polar surface area (TPSA) is 71.0 Å². The number of amides is 1. The van der Waals surface area contributed by atoms with E-state index in [0.29, 0.717) is 30.0 Å². The highest BCUT2D eigenvalue weighted by Gasteiger charge is 2.36. The van der Waals surface area contributed by atoms with Gasteiger partial charge >= 0.3 is 0 Å². The van der Waals surface area contributed by atoms with Crippen molar-refractivity contribution in [2.45, 2.75) is 32.0 Å². The first-order chi connectivity index (χ1) is 13.2. The first-order valence-corrected chi connectivity index (χ1v) is 9.41. The highest BCUT2D eigenvalue weighted by Crippen LogP contribution is 2.38. The van der Waals surface area contributed by atoms with Crippen molar-refractivity contribution in [1.82, 2.24) is 4.90 Å². The number of nitrogens with one attached hydrogen (secondary N) is 1. The molecule has 2 atom stereocenters. The van der Waals surface area contributed by atoms with Crippen molar-refractivity contribution < 1.29 is 19.4 Å². The molecule has 2 aromatic carbocycles. The molecule has 0 unspecified atom stereocenters. The molecule has 0 saturated carbocycles. The van der Waals surface area contributed by atoms with Gasteiger partial charge in [-0.25, -0.2) is 0 Å². The summed E-state index contributed by atoms with van der Waals surface area (Å²) in [5.74, 6) is 0.724. The minimum absolute atomic E-state index is 0.0146. The van der Waals surface area contributed by atoms with E-state index in [0.717, 1.165) is 25.1 Å². The van der Waals surface area contributed by atoms with Gasteiger partial charge in [0.25, 0.3) is 5.91 Å². The Hall–Kier alpha value is -2.73. The van der Waals surface area contributed by atoms with Crippen LogP contribution in [0, 0.1) is 0 Å². The van der Waals surface area contributed by atoms with Crippen LogP contribution >= 0.6 is 0 Å². The molecule has 0 bridgehead atoms. The van der Waals surface area contributed by atoms with Crippen molar-refractivity contribution in [2.75, 3.05) is 25.1 Å². The van der Waals surface area contributed by atoms with E-state index in [4.69, 9.17) is 9.47 Å². The molecule has 1 saturated heterocycles. The van der Waals surface area contributed by atoms with Gasteiger partial charge in [-0.1, -0.05) is 12.1 Å². The number of hydrogen-bond donors (Lipinski definition) is 2. The Morgan fingerprint density at radius 1 is 1.30 bits per heavy atom. The predicted octanol–water partition coefficient (Wildman–Crippen LogP) is 3.54. The molecule has 2 aromatic rings. The van der Waals surface area contributed by atoms with E-state index in [-0.39, 0.29) is 17.8 Å². The molecule has 2 aliphatic rings. The zero-order chi connectivity index (χ0) is 18.8. The molecule has 0 aromatic heterocycles. The maximum Gasteiger partial charge on any atom is 0.257 e. The lowest BCUT2D eigenvalue weighted by Crippen LogP contribution is -2.46. The lowest BCUT2D eigenvalue weighted by molar-refractivity contribution is 0.0424. The van der Waals surface area contributed by atoms with Crippen LogP contribution in [0.15, 0.2) is 42.5 Å². The molecule has 2 N–H and O–H groups in total. The van der Waals surface area contributed by atoms with E-state index in [2.05, 4.69) is 5.32 Å². The molecule has 6 nitrogen and oxygen atoms in total. The fourth-order valence-corrected chi connectivity index (χ4v) is 3.74. The van der Waals surface area contributed by atoms with E-state index in [1.807, 2.05) is 31.2 Å². The normalized spacial score (nSPS) is 21.7. The maximum absolute atomic E-state index is 13.2. The maximum atomic E-state index is 13.2. The third kappa shape index (κ3) is 3.45. The van der Waals surface area contributed by atoms with E-state index in [1.165, 1.54) is 0 Å². The zero-order valence-corrected chi connectivity index (χ0v) is 15.4. The molecule has 0 spiro atoms. The van der Waals surface area contributed by atoms with Crippen LogP contribution < -0.4 is 10.1 Å². The average Bonchev–Trinajstić information content (AvgIpc) is 3.19. The second-order valence-corrected chi connectivity index (χ2v) is 6.84. The smallest absolute Gasteiger partial charge is 0.257 e. The van der Waals surface area contributed by atoms with Gasteiger partial charge in [-0.3, -0.25) is 4.79 Å². The van der Waals surface area contributed by atoms with E-state index in [1.54, 1.807) is 23.1 Å². The van der Waals surface area contributed by atoms with Crippen LogP contribution in [0.4, 0.5) is 5.69 Å². The van der Waals surface area contributed by atoms with Gasteiger partial charge in [-0.15, -0.1) is 0 Å². The molecule has 0 aliphatic carbocycles. The molecule has 2 aliphatic heterocycles. The Labute approximate surface area is 158 Å². The number of rotatable bonds is 5. The number of benzene rings is 2. The van der Waals surface area contributed by atoms with Crippen LogP contribution in [0.5, 0.6) is 11.5 Å². The first kappa shape index (κ1) is 17.7. The number of ether oxygens (including phenoxy) is 2. The number of carbonyl (C=O) groups is 1. The van der Waals surface area contributed by atoms with E-state index < -0.39 is 6.17 Å². The Balaban J connectivity index is 1.73. The van der Waals surface area contributed by atoms with Crippen LogP contribution in [0.1, 0.15) is 41.9 Å². The molecular formula is C21H24N2O4. The van der Waals surface area contributed by atoms with Crippen molar-refractivity contribution >= 4 is 11.6 Å². The molecule has 1 fully saturated rings. The number of carbonyl (C=O) groups excluding carboxylic acids is 1. The number of fused-ring (bicyclic) bond motifs is 1. The Morgan fingerprint density at radius 2 is 2.15 bits per heavy atom. The fraction of sp³-hybridized carbons (Fsp3) is 0.381. The highest BCUT2D eigenvalue weighted by atomic mass is 16.5. The molecule has 27 heavy (non-hydrogen) atoms. The quantitative estimate of drug-likeness (QED) is 0.845. The summed E-state index contributed by atoms with van der Waals surface area (Å²) in [6, 6.07) is 12.6. The highest BCUT2D eigenvalue weighted by molar-refractivity contribution is 6.01. The van der Waals surface area contributed by atoms with Crippen molar-refractivity contribution in [3.05, 3.63) is 53.6 Å². The number of nitrogens with zero attached hydrogens (tertiary/aromatic N) is 1. The summed E-state index contributed by atoms with van der Waals surface area (Å²) in [5, 5.41) is 13.9. The number of phenols is 1. The largest absolute Gasteiger partial charge is 0.508 e. The van der Waals surface area contributed by atoms with E-state index >= 15 is 0 Å². The van der Waals surface area contributed by atoms with Gasteiger partial charge in [0.15, 0.2) is 0 Å². The van der Waals surface area contributed by atoms with Gasteiger partial charge < -0.3 is 24.8 Å². The van der Waals surface area contributed by atoms with Crippen LogP contribution in [0.3, 0.4) is 0 Å². The molecule has 6 heteroatoms. The lowest BCUT2D eigenvalue weighted by Gasteiger charge is -2.39. The summed E-state index contributed by atoms with van der Waals surface area (Å²) in [6.07, 6.45) is 1.47. The monoisotopic (exact) mass is 368 g/mol. The van der Waals surface area contributed by atoms with Gasteiger partial charge in [0.2, 0.25) is 0 Å². The Kier molecular flexibility index (Phi) is 4.90. The number of para-hydroxylation sites is 1. The fourth-order valence-electron chi connectivity index (χ4n) is 3.74. The molecule has 142 valence electrons. The van der Waals surface area contributed by atoms with Gasteiger partial charge in [-0.05, 0) is 50.1 Å². The SMILES string of the molecule is CCOc1ccc(O)c([C@H]2Nc3ccccc3C(=O)N2C[C@H]2CCCO2)c1. The van der Waals surface area contributed by atoms with Gasteiger partial charge in [0.1, 0.15) is 17.7 Å². The lowest BCUT2D eigenvalue weighted by atomic mass is 10.0. The van der Waals surface area contributed by atoms with Gasteiger partial charge in [0, 0.05) is 24.4 Å². The summed E-state index contributed by atoms with van der Waals surface area (Å²) < 4.78 is 11.4. The van der Waals surface area contributed by atoms with Crippen molar-refractivity contribution in [3.63, 3.8) is 0 Å². The number of hydrogen-bond acceptors (Lipinski definition) is 5. The summed E-state index contributed by atoms with van der Waals surface area (Å²) in [6.45, 7) is 3.65. The van der Waals surface area contributed by atoms with Crippen LogP contribution in [-0.4, -0.2) is 41.8 Å². The Morgan fingerprint density at radius 3 is 2.93 bits per heavy atom. The second kappa shape index (κ2) is 7.48. The molecule has 1 amide bonds. The molecular weight excluding hydrogens is 344 g/mol. The second-order valence-electron chi connectivity index (χ2n) is 6.84. The number of aromatic hydroxyl groups is 1. The zero-order valence-electron chi connectivity index (χ0n) is 15.4. The van der Waals surface area contributed by atoms with Crippen LogP contribution in [-0.2, 0) is 4.74 Å². The van der Waals surface area contributed by atoms with E-state index in [9.17, 15) is 9.90 Å². The van der Waals surface area contributed by atoms with Crippen molar-refractivity contribution in [2.24, 2.45) is 0 Å². The summed E-state index contributed by atoms with van der Waals surface area (Å²) in [7, 11) is 0. The molecule has 2 heterocycles. The van der Waals surface area contributed by atoms with Gasteiger partial charge in [-0.2, -0.15) is 0 Å².